The Labute approximate surface area is 149 Å². The highest BCUT2D eigenvalue weighted by atomic mass is 16.2. The number of nitrogens with one attached hydrogen (secondary N) is 1. The van der Waals surface area contributed by atoms with Crippen molar-refractivity contribution in [2.75, 3.05) is 25.0 Å². The fourth-order valence-electron chi connectivity index (χ4n) is 3.24. The van der Waals surface area contributed by atoms with Crippen molar-refractivity contribution in [3.8, 4) is 0 Å². The molecule has 0 atom stereocenters. The molecule has 0 bridgehead atoms. The molecule has 1 aromatic carbocycles. The Morgan fingerprint density at radius 3 is 2.52 bits per heavy atom. The molecule has 132 valence electrons. The first kappa shape index (κ1) is 17.4. The first-order valence-electron chi connectivity index (χ1n) is 9.17. The van der Waals surface area contributed by atoms with E-state index in [2.05, 4.69) is 52.8 Å². The number of anilines is 1. The van der Waals surface area contributed by atoms with Gasteiger partial charge in [-0.25, -0.2) is 0 Å². The number of carbonyl (C=O) groups excluding carboxylic acids is 1. The number of hydrogen-bond acceptors (Lipinski definition) is 4. The van der Waals surface area contributed by atoms with Crippen molar-refractivity contribution in [1.29, 1.82) is 0 Å². The molecule has 5 heteroatoms. The summed E-state index contributed by atoms with van der Waals surface area (Å²) in [6.45, 7) is 4.55. The Balaban J connectivity index is 1.51. The standard InChI is InChI=1S/C20H26N4O/c1-2-12-21-19-9-8-18(22-23-19)20(25)24-13-10-17(11-14-24)15-16-6-4-3-5-7-16/h3-9,17H,2,10-15H2,1H3,(H,21,23). The fraction of sp³-hybridized carbons (Fsp3) is 0.450. The van der Waals surface area contributed by atoms with Crippen LogP contribution in [0.4, 0.5) is 5.82 Å². The molecule has 1 saturated heterocycles. The average Bonchev–Trinajstić information content (AvgIpc) is 2.68. The minimum atomic E-state index is -0.00676. The van der Waals surface area contributed by atoms with Crippen LogP contribution in [0, 0.1) is 5.92 Å². The number of nitrogens with zero attached hydrogens (tertiary/aromatic N) is 3. The van der Waals surface area contributed by atoms with Crippen LogP contribution in [0.3, 0.4) is 0 Å². The van der Waals surface area contributed by atoms with E-state index >= 15 is 0 Å². The number of aromatic nitrogens is 2. The lowest BCUT2D eigenvalue weighted by Crippen LogP contribution is -2.39. The molecule has 1 N–H and O–H groups in total. The number of rotatable bonds is 6. The van der Waals surface area contributed by atoms with Gasteiger partial charge in [0.25, 0.3) is 5.91 Å². The van der Waals surface area contributed by atoms with Gasteiger partial charge in [-0.05, 0) is 49.3 Å². The highest BCUT2D eigenvalue weighted by molar-refractivity contribution is 5.92. The zero-order chi connectivity index (χ0) is 17.5. The molecule has 2 heterocycles. The zero-order valence-corrected chi connectivity index (χ0v) is 14.8. The van der Waals surface area contributed by atoms with Crippen LogP contribution in [0.5, 0.6) is 0 Å². The first-order valence-corrected chi connectivity index (χ1v) is 9.17. The van der Waals surface area contributed by atoms with Crippen molar-refractivity contribution in [3.05, 3.63) is 53.7 Å². The second kappa shape index (κ2) is 8.60. The van der Waals surface area contributed by atoms with E-state index in [9.17, 15) is 4.79 Å². The Morgan fingerprint density at radius 1 is 1.12 bits per heavy atom. The second-order valence-electron chi connectivity index (χ2n) is 6.66. The van der Waals surface area contributed by atoms with Gasteiger partial charge in [-0.15, -0.1) is 10.2 Å². The topological polar surface area (TPSA) is 58.1 Å². The van der Waals surface area contributed by atoms with Crippen LogP contribution in [0.1, 0.15) is 42.2 Å². The van der Waals surface area contributed by atoms with E-state index in [0.717, 1.165) is 51.1 Å². The van der Waals surface area contributed by atoms with E-state index in [-0.39, 0.29) is 5.91 Å². The van der Waals surface area contributed by atoms with Crippen LogP contribution in [-0.2, 0) is 6.42 Å². The molecule has 0 unspecified atom stereocenters. The summed E-state index contributed by atoms with van der Waals surface area (Å²) in [7, 11) is 0. The minimum absolute atomic E-state index is 0.00676. The quantitative estimate of drug-likeness (QED) is 0.877. The van der Waals surface area contributed by atoms with E-state index < -0.39 is 0 Å². The van der Waals surface area contributed by atoms with Crippen molar-refractivity contribution in [2.24, 2.45) is 5.92 Å². The Bertz CT molecular complexity index is 664. The van der Waals surface area contributed by atoms with E-state index in [0.29, 0.717) is 11.6 Å². The normalized spacial score (nSPS) is 15.2. The van der Waals surface area contributed by atoms with E-state index in [1.807, 2.05) is 11.0 Å². The van der Waals surface area contributed by atoms with Gasteiger partial charge in [0.2, 0.25) is 0 Å². The third-order valence-electron chi connectivity index (χ3n) is 4.71. The predicted molar refractivity (Wildman–Crippen MR) is 99.6 cm³/mol. The van der Waals surface area contributed by atoms with Crippen LogP contribution in [0.2, 0.25) is 0 Å². The van der Waals surface area contributed by atoms with Gasteiger partial charge in [0, 0.05) is 19.6 Å². The number of carbonyl (C=O) groups is 1. The molecule has 1 amide bonds. The molecule has 0 radical (unpaired) electrons. The monoisotopic (exact) mass is 338 g/mol. The van der Waals surface area contributed by atoms with Crippen LogP contribution in [0.25, 0.3) is 0 Å². The van der Waals surface area contributed by atoms with E-state index in [1.54, 1.807) is 6.07 Å². The number of hydrogen-bond donors (Lipinski definition) is 1. The average molecular weight is 338 g/mol. The van der Waals surface area contributed by atoms with Crippen molar-refractivity contribution >= 4 is 11.7 Å². The number of benzene rings is 1. The summed E-state index contributed by atoms with van der Waals surface area (Å²) >= 11 is 0. The highest BCUT2D eigenvalue weighted by Crippen LogP contribution is 2.22. The number of likely N-dealkylation sites (tertiary alicyclic amines) is 1. The summed E-state index contributed by atoms with van der Waals surface area (Å²) in [6.07, 6.45) is 4.22. The van der Waals surface area contributed by atoms with Gasteiger partial charge in [0.05, 0.1) is 0 Å². The molecule has 0 saturated carbocycles. The summed E-state index contributed by atoms with van der Waals surface area (Å²) in [5, 5.41) is 11.4. The van der Waals surface area contributed by atoms with Crippen LogP contribution >= 0.6 is 0 Å². The smallest absolute Gasteiger partial charge is 0.274 e. The predicted octanol–water partition coefficient (Wildman–Crippen LogP) is 3.39. The van der Waals surface area contributed by atoms with Crippen LogP contribution < -0.4 is 5.32 Å². The molecule has 1 aromatic heterocycles. The number of amides is 1. The maximum absolute atomic E-state index is 12.6. The van der Waals surface area contributed by atoms with Gasteiger partial charge in [0.1, 0.15) is 5.82 Å². The third-order valence-corrected chi connectivity index (χ3v) is 4.71. The molecule has 5 nitrogen and oxygen atoms in total. The number of piperidine rings is 1. The van der Waals surface area contributed by atoms with Gasteiger partial charge in [-0.1, -0.05) is 37.3 Å². The molecule has 0 spiro atoms. The van der Waals surface area contributed by atoms with Crippen LogP contribution in [-0.4, -0.2) is 40.6 Å². The lowest BCUT2D eigenvalue weighted by atomic mass is 9.90. The molecule has 1 aliphatic heterocycles. The SMILES string of the molecule is CCCNc1ccc(C(=O)N2CCC(Cc3ccccc3)CC2)nn1. The molecular formula is C20H26N4O. The molecule has 1 fully saturated rings. The summed E-state index contributed by atoms with van der Waals surface area (Å²) in [5.74, 6) is 1.37. The lowest BCUT2D eigenvalue weighted by Gasteiger charge is -2.31. The van der Waals surface area contributed by atoms with Gasteiger partial charge in [-0.2, -0.15) is 0 Å². The fourth-order valence-corrected chi connectivity index (χ4v) is 3.24. The van der Waals surface area contributed by atoms with Crippen molar-refractivity contribution < 1.29 is 4.79 Å². The molecule has 3 rings (SSSR count). The molecule has 25 heavy (non-hydrogen) atoms. The lowest BCUT2D eigenvalue weighted by molar-refractivity contribution is 0.0683. The van der Waals surface area contributed by atoms with Gasteiger partial charge in [0.15, 0.2) is 5.69 Å². The Kier molecular flexibility index (Phi) is 5.99. The molecule has 2 aromatic rings. The van der Waals surface area contributed by atoms with Gasteiger partial charge in [-0.3, -0.25) is 4.79 Å². The summed E-state index contributed by atoms with van der Waals surface area (Å²) in [5.41, 5.74) is 1.82. The highest BCUT2D eigenvalue weighted by Gasteiger charge is 2.24. The zero-order valence-electron chi connectivity index (χ0n) is 14.8. The molecular weight excluding hydrogens is 312 g/mol. The second-order valence-corrected chi connectivity index (χ2v) is 6.66. The Hall–Kier alpha value is -2.43. The van der Waals surface area contributed by atoms with Crippen molar-refractivity contribution in [1.82, 2.24) is 15.1 Å². The van der Waals surface area contributed by atoms with Crippen molar-refractivity contribution in [2.45, 2.75) is 32.6 Å². The summed E-state index contributed by atoms with van der Waals surface area (Å²) < 4.78 is 0. The minimum Gasteiger partial charge on any atom is -0.369 e. The van der Waals surface area contributed by atoms with E-state index in [1.165, 1.54) is 5.56 Å². The molecule has 0 aliphatic carbocycles. The largest absolute Gasteiger partial charge is 0.369 e. The summed E-state index contributed by atoms with van der Waals surface area (Å²) in [4.78, 5) is 14.5. The summed E-state index contributed by atoms with van der Waals surface area (Å²) in [6, 6.07) is 14.2. The van der Waals surface area contributed by atoms with Gasteiger partial charge >= 0.3 is 0 Å². The van der Waals surface area contributed by atoms with Crippen LogP contribution in [0.15, 0.2) is 42.5 Å². The maximum Gasteiger partial charge on any atom is 0.274 e. The molecule has 1 aliphatic rings. The Morgan fingerprint density at radius 2 is 1.88 bits per heavy atom. The maximum atomic E-state index is 12.6. The first-order chi connectivity index (χ1) is 12.3. The van der Waals surface area contributed by atoms with E-state index in [4.69, 9.17) is 0 Å². The van der Waals surface area contributed by atoms with Gasteiger partial charge < -0.3 is 10.2 Å². The third kappa shape index (κ3) is 4.78. The van der Waals surface area contributed by atoms with Crippen molar-refractivity contribution in [3.63, 3.8) is 0 Å².